The van der Waals surface area contributed by atoms with Crippen LogP contribution in [0.15, 0.2) is 24.3 Å². The number of hydrogen-bond acceptors (Lipinski definition) is 3. The first-order chi connectivity index (χ1) is 9.74. The molecule has 2 unspecified atom stereocenters. The summed E-state index contributed by atoms with van der Waals surface area (Å²) in [4.78, 5) is 2.59. The zero-order valence-electron chi connectivity index (χ0n) is 12.6. The lowest BCUT2D eigenvalue weighted by Gasteiger charge is -2.33. The molecule has 1 saturated heterocycles. The third-order valence-corrected chi connectivity index (χ3v) is 4.40. The normalized spacial score (nSPS) is 26.6. The van der Waals surface area contributed by atoms with Gasteiger partial charge in [-0.25, -0.2) is 0 Å². The van der Waals surface area contributed by atoms with Gasteiger partial charge in [0, 0.05) is 31.4 Å². The molecule has 20 heavy (non-hydrogen) atoms. The molecule has 0 spiro atoms. The summed E-state index contributed by atoms with van der Waals surface area (Å²) < 4.78 is 5.62. The van der Waals surface area contributed by atoms with Gasteiger partial charge in [-0.3, -0.25) is 0 Å². The van der Waals surface area contributed by atoms with Gasteiger partial charge < -0.3 is 15.0 Å². The molecule has 0 radical (unpaired) electrons. The Kier molecular flexibility index (Phi) is 4.27. The quantitative estimate of drug-likeness (QED) is 0.917. The maximum absolute atomic E-state index is 5.62. The number of nitrogens with zero attached hydrogens (tertiary/aromatic N) is 1. The molecule has 3 nitrogen and oxygen atoms in total. The molecule has 2 heterocycles. The van der Waals surface area contributed by atoms with Crippen molar-refractivity contribution in [1.82, 2.24) is 5.32 Å². The summed E-state index contributed by atoms with van der Waals surface area (Å²) in [6, 6.07) is 9.95. The van der Waals surface area contributed by atoms with Crippen LogP contribution in [0.4, 0.5) is 5.69 Å². The molecule has 0 saturated carbocycles. The van der Waals surface area contributed by atoms with Gasteiger partial charge >= 0.3 is 0 Å². The number of rotatable bonds is 3. The van der Waals surface area contributed by atoms with Gasteiger partial charge in [0.2, 0.25) is 0 Å². The Balaban J connectivity index is 1.85. The fraction of sp³-hybridized carbons (Fsp3) is 0.647. The van der Waals surface area contributed by atoms with E-state index in [1.54, 1.807) is 0 Å². The summed E-state index contributed by atoms with van der Waals surface area (Å²) in [5, 5.41) is 3.74. The van der Waals surface area contributed by atoms with Crippen LogP contribution in [0.2, 0.25) is 0 Å². The van der Waals surface area contributed by atoms with Crippen molar-refractivity contribution in [3.63, 3.8) is 0 Å². The summed E-state index contributed by atoms with van der Waals surface area (Å²) in [5.41, 5.74) is 2.83. The lowest BCUT2D eigenvalue weighted by Crippen LogP contribution is -2.44. The monoisotopic (exact) mass is 274 g/mol. The lowest BCUT2D eigenvalue weighted by molar-refractivity contribution is 0.192. The third-order valence-electron chi connectivity index (χ3n) is 4.40. The molecule has 0 aliphatic carbocycles. The smallest absolute Gasteiger partial charge is 0.0670 e. The maximum Gasteiger partial charge on any atom is 0.0670 e. The molecule has 0 aromatic heterocycles. The van der Waals surface area contributed by atoms with Crippen molar-refractivity contribution in [1.29, 1.82) is 0 Å². The van der Waals surface area contributed by atoms with Gasteiger partial charge in [0.1, 0.15) is 0 Å². The molecule has 1 aromatic carbocycles. The molecule has 110 valence electrons. The first-order valence-corrected chi connectivity index (χ1v) is 7.89. The Morgan fingerprint density at radius 2 is 2.20 bits per heavy atom. The first-order valence-electron chi connectivity index (χ1n) is 7.89. The lowest BCUT2D eigenvalue weighted by atomic mass is 10.0. The topological polar surface area (TPSA) is 24.5 Å². The summed E-state index contributed by atoms with van der Waals surface area (Å²) >= 11 is 0. The predicted octanol–water partition coefficient (Wildman–Crippen LogP) is 2.80. The van der Waals surface area contributed by atoms with Gasteiger partial charge in [0.05, 0.1) is 12.6 Å². The Bertz CT molecular complexity index is 440. The minimum absolute atomic E-state index is 0.547. The van der Waals surface area contributed by atoms with Crippen molar-refractivity contribution in [3.8, 4) is 0 Å². The van der Waals surface area contributed by atoms with Crippen molar-refractivity contribution in [2.75, 3.05) is 24.7 Å². The van der Waals surface area contributed by atoms with Gasteiger partial charge in [-0.15, -0.1) is 0 Å². The molecule has 3 heteroatoms. The molecule has 0 amide bonds. The number of ether oxygens (including phenoxy) is 1. The van der Waals surface area contributed by atoms with E-state index in [-0.39, 0.29) is 0 Å². The van der Waals surface area contributed by atoms with Crippen molar-refractivity contribution < 1.29 is 4.74 Å². The standard InChI is InChI=1S/C17H26N2O/c1-13(2)9-15-11-19(16-7-8-20-12-16)17-6-4-3-5-14(17)10-18-15/h3-6,13,15-16,18H,7-12H2,1-2H3. The van der Waals surface area contributed by atoms with Crippen LogP contribution in [0.25, 0.3) is 0 Å². The molecule has 2 aliphatic heterocycles. The fourth-order valence-corrected chi connectivity index (χ4v) is 3.44. The predicted molar refractivity (Wildman–Crippen MR) is 83.1 cm³/mol. The van der Waals surface area contributed by atoms with Crippen LogP contribution >= 0.6 is 0 Å². The molecule has 1 aromatic rings. The molecule has 1 fully saturated rings. The summed E-state index contributed by atoms with van der Waals surface area (Å²) in [6.45, 7) is 8.49. The minimum atomic E-state index is 0.547. The SMILES string of the molecule is CC(C)CC1CN(C2CCOC2)c2ccccc2CN1. The molecule has 2 atom stereocenters. The van der Waals surface area contributed by atoms with E-state index in [1.807, 2.05) is 0 Å². The molecular weight excluding hydrogens is 248 g/mol. The van der Waals surface area contributed by atoms with Gasteiger partial charge in [0.15, 0.2) is 0 Å². The third kappa shape index (κ3) is 2.99. The van der Waals surface area contributed by atoms with E-state index in [2.05, 4.69) is 48.3 Å². The minimum Gasteiger partial charge on any atom is -0.379 e. The van der Waals surface area contributed by atoms with E-state index in [0.717, 1.165) is 38.6 Å². The van der Waals surface area contributed by atoms with E-state index in [9.17, 15) is 0 Å². The van der Waals surface area contributed by atoms with Gasteiger partial charge in [-0.1, -0.05) is 32.0 Å². The van der Waals surface area contributed by atoms with E-state index in [0.29, 0.717) is 12.1 Å². The Labute approximate surface area is 122 Å². The molecule has 0 bridgehead atoms. The van der Waals surface area contributed by atoms with Crippen LogP contribution in [0.3, 0.4) is 0 Å². The van der Waals surface area contributed by atoms with Crippen molar-refractivity contribution in [3.05, 3.63) is 29.8 Å². The van der Waals surface area contributed by atoms with Crippen LogP contribution in [0.1, 0.15) is 32.3 Å². The number of benzene rings is 1. The summed E-state index contributed by atoms with van der Waals surface area (Å²) in [6.07, 6.45) is 2.39. The average Bonchev–Trinajstić information content (AvgIpc) is 2.90. The Morgan fingerprint density at radius 3 is 2.95 bits per heavy atom. The number of fused-ring (bicyclic) bond motifs is 1. The second-order valence-electron chi connectivity index (χ2n) is 6.51. The first kappa shape index (κ1) is 13.9. The number of nitrogens with one attached hydrogen (secondary N) is 1. The second kappa shape index (κ2) is 6.15. The molecule has 2 aliphatic rings. The van der Waals surface area contributed by atoms with Crippen LogP contribution in [-0.2, 0) is 11.3 Å². The highest BCUT2D eigenvalue weighted by atomic mass is 16.5. The Morgan fingerprint density at radius 1 is 1.35 bits per heavy atom. The highest BCUT2D eigenvalue weighted by molar-refractivity contribution is 5.55. The zero-order valence-corrected chi connectivity index (χ0v) is 12.6. The summed E-state index contributed by atoms with van der Waals surface area (Å²) in [7, 11) is 0. The highest BCUT2D eigenvalue weighted by Gasteiger charge is 2.29. The van der Waals surface area contributed by atoms with E-state index in [4.69, 9.17) is 4.74 Å². The largest absolute Gasteiger partial charge is 0.379 e. The van der Waals surface area contributed by atoms with Crippen LogP contribution in [0.5, 0.6) is 0 Å². The van der Waals surface area contributed by atoms with E-state index < -0.39 is 0 Å². The second-order valence-corrected chi connectivity index (χ2v) is 6.51. The van der Waals surface area contributed by atoms with Crippen LogP contribution in [0, 0.1) is 5.92 Å². The molecule has 1 N–H and O–H groups in total. The zero-order chi connectivity index (χ0) is 13.9. The average molecular weight is 274 g/mol. The molecular formula is C17H26N2O. The van der Waals surface area contributed by atoms with Crippen molar-refractivity contribution in [2.45, 2.75) is 45.3 Å². The van der Waals surface area contributed by atoms with Crippen LogP contribution in [-0.4, -0.2) is 31.8 Å². The van der Waals surface area contributed by atoms with Gasteiger partial charge in [-0.05, 0) is 30.4 Å². The van der Waals surface area contributed by atoms with Crippen molar-refractivity contribution in [2.24, 2.45) is 5.92 Å². The van der Waals surface area contributed by atoms with Crippen LogP contribution < -0.4 is 10.2 Å². The number of para-hydroxylation sites is 1. The highest BCUT2D eigenvalue weighted by Crippen LogP contribution is 2.29. The van der Waals surface area contributed by atoms with Crippen molar-refractivity contribution >= 4 is 5.69 Å². The maximum atomic E-state index is 5.62. The number of anilines is 1. The van der Waals surface area contributed by atoms with E-state index >= 15 is 0 Å². The summed E-state index contributed by atoms with van der Waals surface area (Å²) in [5.74, 6) is 0.732. The van der Waals surface area contributed by atoms with Gasteiger partial charge in [-0.2, -0.15) is 0 Å². The Hall–Kier alpha value is -1.06. The van der Waals surface area contributed by atoms with Gasteiger partial charge in [0.25, 0.3) is 0 Å². The van der Waals surface area contributed by atoms with E-state index in [1.165, 1.54) is 17.7 Å². The molecule has 3 rings (SSSR count). The fourth-order valence-electron chi connectivity index (χ4n) is 3.44. The number of hydrogen-bond donors (Lipinski definition) is 1.